The molecule has 0 aliphatic heterocycles. The number of carbonyl (C=O) groups is 1. The van der Waals surface area contributed by atoms with Gasteiger partial charge in [-0.3, -0.25) is 9.78 Å². The Labute approximate surface area is 172 Å². The van der Waals surface area contributed by atoms with E-state index in [-0.39, 0.29) is 5.91 Å². The summed E-state index contributed by atoms with van der Waals surface area (Å²) >= 11 is 1.62. The van der Waals surface area contributed by atoms with Crippen LogP contribution in [0.25, 0.3) is 10.2 Å². The molecular formula is C22H21N3O3S. The number of carbonyl (C=O) groups excluding carboxylic acids is 1. The van der Waals surface area contributed by atoms with Crippen LogP contribution >= 0.6 is 11.3 Å². The first-order chi connectivity index (χ1) is 14.2. The molecule has 0 radical (unpaired) electrons. The van der Waals surface area contributed by atoms with Gasteiger partial charge >= 0.3 is 0 Å². The number of fused-ring (bicyclic) bond motifs is 1. The lowest BCUT2D eigenvalue weighted by molar-refractivity contribution is 0.0942. The third-order valence-electron chi connectivity index (χ3n) is 4.68. The van der Waals surface area contributed by atoms with Gasteiger partial charge in [-0.1, -0.05) is 6.07 Å². The number of methoxy groups -OCH3 is 2. The van der Waals surface area contributed by atoms with Gasteiger partial charge in [0.25, 0.3) is 5.91 Å². The second-order valence-corrected chi connectivity index (χ2v) is 7.50. The average Bonchev–Trinajstić information content (AvgIpc) is 3.35. The number of hydrogen-bond acceptors (Lipinski definition) is 5. The Kier molecular flexibility index (Phi) is 5.48. The van der Waals surface area contributed by atoms with E-state index in [1.54, 1.807) is 38.0 Å². The van der Waals surface area contributed by atoms with Crippen LogP contribution in [0.15, 0.2) is 60.2 Å². The van der Waals surface area contributed by atoms with E-state index in [9.17, 15) is 4.79 Å². The zero-order valence-electron chi connectivity index (χ0n) is 16.2. The fourth-order valence-corrected chi connectivity index (χ4v) is 4.07. The molecule has 0 aliphatic rings. The quantitative estimate of drug-likeness (QED) is 0.501. The first kappa shape index (κ1) is 19.0. The molecule has 0 bridgehead atoms. The maximum Gasteiger partial charge on any atom is 0.268 e. The summed E-state index contributed by atoms with van der Waals surface area (Å²) in [6.07, 6.45) is 3.47. The van der Waals surface area contributed by atoms with E-state index in [0.29, 0.717) is 18.8 Å². The Balaban J connectivity index is 1.64. The van der Waals surface area contributed by atoms with Crippen LogP contribution in [-0.4, -0.2) is 29.7 Å². The predicted octanol–water partition coefficient (Wildman–Crippen LogP) is 4.09. The summed E-state index contributed by atoms with van der Waals surface area (Å²) < 4.78 is 13.9. The Morgan fingerprint density at radius 2 is 1.90 bits per heavy atom. The third-order valence-corrected chi connectivity index (χ3v) is 5.54. The molecule has 0 saturated heterocycles. The number of hydrogen-bond donors (Lipinski definition) is 1. The van der Waals surface area contributed by atoms with Crippen molar-refractivity contribution in [2.24, 2.45) is 0 Å². The zero-order chi connectivity index (χ0) is 20.2. The lowest BCUT2D eigenvalue weighted by Crippen LogP contribution is -2.25. The smallest absolute Gasteiger partial charge is 0.268 e. The summed E-state index contributed by atoms with van der Waals surface area (Å²) in [6, 6.07) is 13.5. The van der Waals surface area contributed by atoms with Gasteiger partial charge in [-0.05, 0) is 46.8 Å². The summed E-state index contributed by atoms with van der Waals surface area (Å²) in [6.45, 7) is 0.960. The first-order valence-corrected chi connectivity index (χ1v) is 10.0. The molecule has 0 fully saturated rings. The number of pyridine rings is 1. The van der Waals surface area contributed by atoms with Crippen molar-refractivity contribution in [1.29, 1.82) is 0 Å². The number of ether oxygens (including phenoxy) is 2. The second-order valence-electron chi connectivity index (χ2n) is 6.55. The molecule has 1 aromatic carbocycles. The number of amides is 1. The Hall–Kier alpha value is -3.32. The molecule has 0 saturated carbocycles. The fraction of sp³-hybridized carbons (Fsp3) is 0.182. The van der Waals surface area contributed by atoms with Gasteiger partial charge in [0.05, 0.1) is 24.4 Å². The maximum atomic E-state index is 12.9. The highest BCUT2D eigenvalue weighted by atomic mass is 32.1. The van der Waals surface area contributed by atoms with Gasteiger partial charge in [-0.25, -0.2) is 0 Å². The van der Waals surface area contributed by atoms with Gasteiger partial charge in [-0.15, -0.1) is 11.3 Å². The molecule has 29 heavy (non-hydrogen) atoms. The van der Waals surface area contributed by atoms with Crippen molar-refractivity contribution >= 4 is 27.5 Å². The van der Waals surface area contributed by atoms with Crippen molar-refractivity contribution in [2.45, 2.75) is 13.1 Å². The highest BCUT2D eigenvalue weighted by Crippen LogP contribution is 2.28. The number of rotatable bonds is 7. The molecule has 7 heteroatoms. The molecule has 1 N–H and O–H groups in total. The molecule has 3 aromatic heterocycles. The number of nitrogens with one attached hydrogen (secondary N) is 1. The van der Waals surface area contributed by atoms with Gasteiger partial charge in [-0.2, -0.15) is 0 Å². The van der Waals surface area contributed by atoms with Crippen molar-refractivity contribution in [3.8, 4) is 11.5 Å². The normalized spacial score (nSPS) is 10.8. The molecule has 0 aliphatic carbocycles. The maximum absolute atomic E-state index is 12.9. The number of nitrogens with zero attached hydrogens (tertiary/aromatic N) is 2. The molecule has 0 unspecified atom stereocenters. The van der Waals surface area contributed by atoms with Crippen molar-refractivity contribution in [3.63, 3.8) is 0 Å². The molecule has 0 spiro atoms. The van der Waals surface area contributed by atoms with Gasteiger partial charge in [0.15, 0.2) is 0 Å². The van der Waals surface area contributed by atoms with Crippen LogP contribution in [0.5, 0.6) is 11.5 Å². The van der Waals surface area contributed by atoms with E-state index < -0.39 is 0 Å². The van der Waals surface area contributed by atoms with Crippen molar-refractivity contribution < 1.29 is 14.3 Å². The van der Waals surface area contributed by atoms with Crippen molar-refractivity contribution in [2.75, 3.05) is 14.2 Å². The highest BCUT2D eigenvalue weighted by molar-refractivity contribution is 7.17. The van der Waals surface area contributed by atoms with Crippen LogP contribution < -0.4 is 14.8 Å². The van der Waals surface area contributed by atoms with Gasteiger partial charge in [0.1, 0.15) is 17.2 Å². The minimum Gasteiger partial charge on any atom is -0.497 e. The second kappa shape index (κ2) is 8.36. The van der Waals surface area contributed by atoms with Crippen LogP contribution in [0, 0.1) is 0 Å². The summed E-state index contributed by atoms with van der Waals surface area (Å²) in [7, 11) is 3.26. The zero-order valence-corrected chi connectivity index (χ0v) is 17.0. The summed E-state index contributed by atoms with van der Waals surface area (Å²) in [5.74, 6) is 1.32. The fourth-order valence-electron chi connectivity index (χ4n) is 3.25. The molecule has 4 rings (SSSR count). The lowest BCUT2D eigenvalue weighted by atomic mass is 10.2. The SMILES string of the molecule is COc1cc(Cn2c(C(=O)NCc3cccnc3)cc3sccc32)cc(OC)c1. The topological polar surface area (TPSA) is 65.4 Å². The van der Waals surface area contributed by atoms with E-state index in [1.165, 1.54) is 0 Å². The van der Waals surface area contributed by atoms with E-state index in [1.807, 2.05) is 52.4 Å². The highest BCUT2D eigenvalue weighted by Gasteiger charge is 2.17. The predicted molar refractivity (Wildman–Crippen MR) is 114 cm³/mol. The molecule has 148 valence electrons. The van der Waals surface area contributed by atoms with Crippen LogP contribution in [0.1, 0.15) is 21.6 Å². The van der Waals surface area contributed by atoms with E-state index in [0.717, 1.165) is 32.8 Å². The van der Waals surface area contributed by atoms with Crippen LogP contribution in [-0.2, 0) is 13.1 Å². The van der Waals surface area contributed by atoms with Crippen molar-refractivity contribution in [1.82, 2.24) is 14.9 Å². The molecule has 4 aromatic rings. The van der Waals surface area contributed by atoms with Crippen molar-refractivity contribution in [3.05, 3.63) is 77.1 Å². The summed E-state index contributed by atoms with van der Waals surface area (Å²) in [5, 5.41) is 5.03. The van der Waals surface area contributed by atoms with E-state index in [2.05, 4.69) is 10.3 Å². The lowest BCUT2D eigenvalue weighted by Gasteiger charge is -2.13. The Morgan fingerprint density at radius 3 is 2.59 bits per heavy atom. The van der Waals surface area contributed by atoms with Gasteiger partial charge < -0.3 is 19.4 Å². The van der Waals surface area contributed by atoms with Gasteiger partial charge in [0, 0.05) is 31.5 Å². The Bertz CT molecular complexity index is 1110. The number of thiophene rings is 1. The van der Waals surface area contributed by atoms with E-state index in [4.69, 9.17) is 9.47 Å². The molecular weight excluding hydrogens is 386 g/mol. The molecule has 0 atom stereocenters. The standard InChI is InChI=1S/C22H21N3O3S/c1-27-17-8-16(9-18(10-17)28-2)14-25-19-5-7-29-21(19)11-20(25)22(26)24-13-15-4-3-6-23-12-15/h3-12H,13-14H2,1-2H3,(H,24,26). The van der Waals surface area contributed by atoms with Crippen LogP contribution in [0.4, 0.5) is 0 Å². The monoisotopic (exact) mass is 407 g/mol. The third kappa shape index (κ3) is 4.09. The van der Waals surface area contributed by atoms with Crippen LogP contribution in [0.3, 0.4) is 0 Å². The largest absolute Gasteiger partial charge is 0.497 e. The molecule has 1 amide bonds. The number of benzene rings is 1. The molecule has 3 heterocycles. The summed E-state index contributed by atoms with van der Waals surface area (Å²) in [5.41, 5.74) is 3.60. The van der Waals surface area contributed by atoms with E-state index >= 15 is 0 Å². The molecule has 6 nitrogen and oxygen atoms in total. The van der Waals surface area contributed by atoms with Gasteiger partial charge in [0.2, 0.25) is 0 Å². The number of aromatic nitrogens is 2. The summed E-state index contributed by atoms with van der Waals surface area (Å²) in [4.78, 5) is 17.0. The van der Waals surface area contributed by atoms with Crippen LogP contribution in [0.2, 0.25) is 0 Å². The minimum atomic E-state index is -0.118. The Morgan fingerprint density at radius 1 is 1.10 bits per heavy atom. The first-order valence-electron chi connectivity index (χ1n) is 9.13. The minimum absolute atomic E-state index is 0.118. The average molecular weight is 407 g/mol.